The van der Waals surface area contributed by atoms with E-state index in [9.17, 15) is 18.7 Å². The normalized spacial score (nSPS) is 19.4. The smallest absolute Gasteiger partial charge is 0.317 e. The third-order valence-electron chi connectivity index (χ3n) is 6.88. The molecular formula is C24H30F2N4O3. The molecule has 2 aromatic carbocycles. The van der Waals surface area contributed by atoms with Crippen LogP contribution in [0.4, 0.5) is 25.0 Å². The Kier molecular flexibility index (Phi) is 6.71. The van der Waals surface area contributed by atoms with Crippen molar-refractivity contribution in [3.05, 3.63) is 59.2 Å². The number of anilines is 2. The Morgan fingerprint density at radius 3 is 2.67 bits per heavy atom. The molecule has 1 fully saturated rings. The van der Waals surface area contributed by atoms with Gasteiger partial charge in [0.1, 0.15) is 11.6 Å². The summed E-state index contributed by atoms with van der Waals surface area (Å²) < 4.78 is 27.5. The van der Waals surface area contributed by atoms with E-state index in [0.717, 1.165) is 11.3 Å². The fraction of sp³-hybridized carbons (Fsp3) is 0.458. The van der Waals surface area contributed by atoms with Crippen LogP contribution in [0.2, 0.25) is 0 Å². The number of urea groups is 1. The molecule has 2 aromatic rings. The van der Waals surface area contributed by atoms with Gasteiger partial charge in [-0.25, -0.2) is 13.6 Å². The number of aliphatic hydroxyl groups is 2. The lowest BCUT2D eigenvalue weighted by atomic mass is 9.76. The quantitative estimate of drug-likeness (QED) is 0.551. The first-order valence-corrected chi connectivity index (χ1v) is 11.2. The fourth-order valence-corrected chi connectivity index (χ4v) is 4.92. The zero-order chi connectivity index (χ0) is 23.6. The Balaban J connectivity index is 1.35. The van der Waals surface area contributed by atoms with E-state index in [2.05, 4.69) is 15.5 Å². The minimum Gasteiger partial charge on any atom is -0.395 e. The highest BCUT2D eigenvalue weighted by molar-refractivity contribution is 5.74. The molecule has 0 radical (unpaired) electrons. The molecule has 4 rings (SSSR count). The highest BCUT2D eigenvalue weighted by Crippen LogP contribution is 2.46. The molecule has 7 nitrogen and oxygen atoms in total. The maximum atomic E-state index is 13.8. The molecule has 0 bridgehead atoms. The number of carbonyl (C=O) groups excluding carboxylic acids is 1. The standard InChI is InChI=1S/C24H30F2N4O3/c1-29-21-5-3-17(25)13-18(21)22(32)14-24(29)6-9-30(10-7-24)23(33)28-15-16-2-4-19(26)20(12-16)27-8-11-31/h2-5,12-13,22,27,31-32H,6-11,14-15H2,1H3,(H,28,33). The van der Waals surface area contributed by atoms with Gasteiger partial charge in [-0.3, -0.25) is 0 Å². The molecule has 2 heterocycles. The number of nitrogens with zero attached hydrogens (tertiary/aromatic N) is 2. The zero-order valence-electron chi connectivity index (χ0n) is 18.7. The molecule has 1 spiro atoms. The highest BCUT2D eigenvalue weighted by Gasteiger charge is 2.45. The van der Waals surface area contributed by atoms with Gasteiger partial charge < -0.3 is 30.6 Å². The molecule has 1 saturated heterocycles. The molecule has 2 aliphatic rings. The molecule has 2 amide bonds. The number of fused-ring (bicyclic) bond motifs is 1. The maximum absolute atomic E-state index is 13.8. The fourth-order valence-electron chi connectivity index (χ4n) is 4.92. The largest absolute Gasteiger partial charge is 0.395 e. The van der Waals surface area contributed by atoms with Crippen LogP contribution in [0.1, 0.15) is 36.5 Å². The Morgan fingerprint density at radius 1 is 1.18 bits per heavy atom. The van der Waals surface area contributed by atoms with E-state index >= 15 is 0 Å². The van der Waals surface area contributed by atoms with Crippen LogP contribution in [0.15, 0.2) is 36.4 Å². The van der Waals surface area contributed by atoms with Gasteiger partial charge in [-0.15, -0.1) is 0 Å². The average Bonchev–Trinajstić information content (AvgIpc) is 2.81. The van der Waals surface area contributed by atoms with Gasteiger partial charge >= 0.3 is 6.03 Å². The zero-order valence-corrected chi connectivity index (χ0v) is 18.7. The van der Waals surface area contributed by atoms with E-state index in [4.69, 9.17) is 5.11 Å². The summed E-state index contributed by atoms with van der Waals surface area (Å²) in [6.45, 7) is 1.46. The van der Waals surface area contributed by atoms with Crippen molar-refractivity contribution in [2.24, 2.45) is 0 Å². The number of likely N-dealkylation sites (tertiary alicyclic amines) is 1. The monoisotopic (exact) mass is 460 g/mol. The van der Waals surface area contributed by atoms with Crippen LogP contribution in [0.3, 0.4) is 0 Å². The Hall–Kier alpha value is -2.91. The number of carbonyl (C=O) groups is 1. The lowest BCUT2D eigenvalue weighted by Crippen LogP contribution is -2.58. The van der Waals surface area contributed by atoms with Crippen LogP contribution < -0.4 is 15.5 Å². The van der Waals surface area contributed by atoms with Gasteiger partial charge in [-0.2, -0.15) is 0 Å². The topological polar surface area (TPSA) is 88.1 Å². The molecule has 0 aromatic heterocycles. The van der Waals surface area contributed by atoms with Crippen molar-refractivity contribution in [3.63, 3.8) is 0 Å². The van der Waals surface area contributed by atoms with Crippen molar-refractivity contribution in [1.29, 1.82) is 0 Å². The SMILES string of the molecule is CN1c2ccc(F)cc2C(O)CC12CCN(C(=O)NCc1ccc(F)c(NCCO)c1)CC2. The van der Waals surface area contributed by atoms with Crippen molar-refractivity contribution in [1.82, 2.24) is 10.2 Å². The lowest BCUT2D eigenvalue weighted by molar-refractivity contribution is 0.0852. The van der Waals surface area contributed by atoms with E-state index in [-0.39, 0.29) is 42.8 Å². The van der Waals surface area contributed by atoms with Gasteiger partial charge in [0.05, 0.1) is 18.4 Å². The van der Waals surface area contributed by atoms with Gasteiger partial charge in [0.2, 0.25) is 0 Å². The Morgan fingerprint density at radius 2 is 1.94 bits per heavy atom. The Bertz CT molecular complexity index is 1010. The second-order valence-corrected chi connectivity index (χ2v) is 8.82. The van der Waals surface area contributed by atoms with Crippen molar-refractivity contribution in [2.75, 3.05) is 43.5 Å². The molecule has 2 aliphatic heterocycles. The van der Waals surface area contributed by atoms with Gasteiger partial charge in [0.25, 0.3) is 0 Å². The van der Waals surface area contributed by atoms with Crippen molar-refractivity contribution < 1.29 is 23.8 Å². The van der Waals surface area contributed by atoms with Crippen LogP contribution >= 0.6 is 0 Å². The molecular weight excluding hydrogens is 430 g/mol. The van der Waals surface area contributed by atoms with E-state index in [1.54, 1.807) is 23.1 Å². The summed E-state index contributed by atoms with van der Waals surface area (Å²) in [5.74, 6) is -0.774. The summed E-state index contributed by atoms with van der Waals surface area (Å²) in [5.41, 5.74) is 2.18. The summed E-state index contributed by atoms with van der Waals surface area (Å²) in [6.07, 6.45) is 1.14. The molecule has 0 saturated carbocycles. The molecule has 33 heavy (non-hydrogen) atoms. The first-order valence-electron chi connectivity index (χ1n) is 11.2. The number of rotatable bonds is 5. The number of nitrogens with one attached hydrogen (secondary N) is 2. The first-order chi connectivity index (χ1) is 15.8. The van der Waals surface area contributed by atoms with Crippen LogP contribution in [-0.4, -0.2) is 60.0 Å². The van der Waals surface area contributed by atoms with E-state index < -0.39 is 11.9 Å². The van der Waals surface area contributed by atoms with Crippen molar-refractivity contribution >= 4 is 17.4 Å². The number of aliphatic hydroxyl groups excluding tert-OH is 2. The summed E-state index contributed by atoms with van der Waals surface area (Å²) in [7, 11) is 1.97. The summed E-state index contributed by atoms with van der Waals surface area (Å²) >= 11 is 0. The molecule has 1 unspecified atom stereocenters. The van der Waals surface area contributed by atoms with E-state index in [0.29, 0.717) is 37.9 Å². The third-order valence-corrected chi connectivity index (χ3v) is 6.88. The molecule has 9 heteroatoms. The first kappa shape index (κ1) is 23.3. The predicted octanol–water partition coefficient (Wildman–Crippen LogP) is 2.99. The molecule has 0 aliphatic carbocycles. The number of piperidine rings is 1. The van der Waals surface area contributed by atoms with Gasteiger partial charge in [-0.05, 0) is 48.7 Å². The van der Waals surface area contributed by atoms with Crippen LogP contribution in [0.25, 0.3) is 0 Å². The summed E-state index contributed by atoms with van der Waals surface area (Å²) in [6, 6.07) is 8.88. The number of hydrogen-bond donors (Lipinski definition) is 4. The van der Waals surface area contributed by atoms with Crippen molar-refractivity contribution in [2.45, 2.75) is 37.5 Å². The average molecular weight is 461 g/mol. The highest BCUT2D eigenvalue weighted by atomic mass is 19.1. The minimum atomic E-state index is -0.737. The van der Waals surface area contributed by atoms with Crippen LogP contribution in [-0.2, 0) is 6.54 Å². The molecule has 4 N–H and O–H groups in total. The van der Waals surface area contributed by atoms with Crippen LogP contribution in [0, 0.1) is 11.6 Å². The summed E-state index contributed by atoms with van der Waals surface area (Å²) in [4.78, 5) is 16.6. The molecule has 178 valence electrons. The second-order valence-electron chi connectivity index (χ2n) is 8.82. The summed E-state index contributed by atoms with van der Waals surface area (Å²) in [5, 5.41) is 25.3. The number of hydrogen-bond acceptors (Lipinski definition) is 5. The predicted molar refractivity (Wildman–Crippen MR) is 122 cm³/mol. The van der Waals surface area contributed by atoms with Gasteiger partial charge in [0.15, 0.2) is 0 Å². The number of benzene rings is 2. The van der Waals surface area contributed by atoms with Gasteiger partial charge in [0, 0.05) is 56.4 Å². The third kappa shape index (κ3) is 4.74. The van der Waals surface area contributed by atoms with Gasteiger partial charge in [-0.1, -0.05) is 6.07 Å². The maximum Gasteiger partial charge on any atom is 0.317 e. The molecule has 1 atom stereocenters. The second kappa shape index (κ2) is 9.52. The lowest BCUT2D eigenvalue weighted by Gasteiger charge is -2.52. The van der Waals surface area contributed by atoms with Crippen molar-refractivity contribution in [3.8, 4) is 0 Å². The minimum absolute atomic E-state index is 0.106. The Labute approximate surface area is 192 Å². The van der Waals surface area contributed by atoms with E-state index in [1.165, 1.54) is 18.2 Å². The van der Waals surface area contributed by atoms with E-state index in [1.807, 2.05) is 7.05 Å². The number of amides is 2. The number of halogens is 2. The van der Waals surface area contributed by atoms with Crippen LogP contribution in [0.5, 0.6) is 0 Å².